The van der Waals surface area contributed by atoms with E-state index in [0.717, 1.165) is 0 Å². The van der Waals surface area contributed by atoms with Crippen LogP contribution in [-0.2, 0) is 4.79 Å². The molecule has 1 aliphatic carbocycles. The van der Waals surface area contributed by atoms with Gasteiger partial charge in [0.05, 0.1) is 24.2 Å². The van der Waals surface area contributed by atoms with Gasteiger partial charge in [-0.25, -0.2) is 0 Å². The number of phenolic OH excluding ortho intramolecular Hbond substituents is 1. The van der Waals surface area contributed by atoms with Crippen LogP contribution < -0.4 is 0 Å². The van der Waals surface area contributed by atoms with Crippen LogP contribution in [0.25, 0.3) is 0 Å². The number of Topliss-reactive ketones (excluding diaryl/α,β-unsaturated/α-hetero) is 1. The van der Waals surface area contributed by atoms with E-state index in [1.54, 1.807) is 6.07 Å². The molecule has 0 fully saturated rings. The molecule has 6 nitrogen and oxygen atoms in total. The van der Waals surface area contributed by atoms with Gasteiger partial charge in [0, 0.05) is 6.42 Å². The topological polar surface area (TPSA) is 115 Å². The van der Waals surface area contributed by atoms with Crippen LogP contribution in [-0.4, -0.2) is 38.3 Å². The quantitative estimate of drug-likeness (QED) is 0.650. The standard InChI is InChI=1S/C14H16O6/c15-8(6-12(18)19)4-7-5-11(17)13-9(14(7)20)2-1-3-10(13)16/h1-3,7-8,14-16,20H,4-6H2,(H,18,19)/t7-,8+,14+/m1/s1. The number of aliphatic hydroxyl groups excluding tert-OH is 2. The van der Waals surface area contributed by atoms with Gasteiger partial charge in [-0.05, 0) is 24.0 Å². The molecule has 0 saturated carbocycles. The van der Waals surface area contributed by atoms with Crippen LogP contribution in [0.3, 0.4) is 0 Å². The zero-order chi connectivity index (χ0) is 14.9. The lowest BCUT2D eigenvalue weighted by atomic mass is 9.77. The summed E-state index contributed by atoms with van der Waals surface area (Å²) in [6.07, 6.45) is -2.54. The number of carbonyl (C=O) groups excluding carboxylic acids is 1. The highest BCUT2D eigenvalue weighted by Gasteiger charge is 2.35. The van der Waals surface area contributed by atoms with Crippen LogP contribution in [0.1, 0.15) is 41.3 Å². The molecule has 0 aromatic heterocycles. The maximum atomic E-state index is 12.0. The second kappa shape index (κ2) is 5.60. The van der Waals surface area contributed by atoms with Crippen molar-refractivity contribution in [3.05, 3.63) is 29.3 Å². The lowest BCUT2D eigenvalue weighted by Gasteiger charge is -2.30. The first-order valence-corrected chi connectivity index (χ1v) is 6.33. The Labute approximate surface area is 115 Å². The van der Waals surface area contributed by atoms with Crippen LogP contribution >= 0.6 is 0 Å². The first-order valence-electron chi connectivity index (χ1n) is 6.33. The lowest BCUT2D eigenvalue weighted by molar-refractivity contribution is -0.139. The third-order valence-electron chi connectivity index (χ3n) is 3.55. The maximum Gasteiger partial charge on any atom is 0.305 e. The molecule has 0 amide bonds. The highest BCUT2D eigenvalue weighted by molar-refractivity contribution is 6.01. The number of benzene rings is 1. The fourth-order valence-electron chi connectivity index (χ4n) is 2.66. The summed E-state index contributed by atoms with van der Waals surface area (Å²) in [7, 11) is 0. The Morgan fingerprint density at radius 1 is 1.40 bits per heavy atom. The normalized spacial score (nSPS) is 23.2. The number of carboxylic acids is 1. The number of hydrogen-bond donors (Lipinski definition) is 4. The molecule has 6 heteroatoms. The van der Waals surface area contributed by atoms with Crippen molar-refractivity contribution in [3.63, 3.8) is 0 Å². The zero-order valence-corrected chi connectivity index (χ0v) is 10.7. The molecule has 0 spiro atoms. The molecule has 1 aliphatic rings. The van der Waals surface area contributed by atoms with E-state index in [1.165, 1.54) is 12.1 Å². The largest absolute Gasteiger partial charge is 0.507 e. The minimum Gasteiger partial charge on any atom is -0.507 e. The van der Waals surface area contributed by atoms with Gasteiger partial charge in [0.25, 0.3) is 0 Å². The summed E-state index contributed by atoms with van der Waals surface area (Å²) in [6, 6.07) is 4.46. The second-order valence-corrected chi connectivity index (χ2v) is 5.06. The number of aromatic hydroxyl groups is 1. The van der Waals surface area contributed by atoms with Crippen LogP contribution in [0.4, 0.5) is 0 Å². The minimum absolute atomic E-state index is 0.0221. The molecule has 1 aromatic carbocycles. The summed E-state index contributed by atoms with van der Waals surface area (Å²) in [6.45, 7) is 0. The third-order valence-corrected chi connectivity index (χ3v) is 3.55. The number of aliphatic carboxylic acids is 1. The van der Waals surface area contributed by atoms with Gasteiger partial charge < -0.3 is 20.4 Å². The molecular weight excluding hydrogens is 264 g/mol. The minimum atomic E-state index is -1.13. The van der Waals surface area contributed by atoms with Crippen molar-refractivity contribution in [2.75, 3.05) is 0 Å². The van der Waals surface area contributed by atoms with Crippen LogP contribution in [0, 0.1) is 5.92 Å². The van der Waals surface area contributed by atoms with Gasteiger partial charge in [-0.1, -0.05) is 12.1 Å². The van der Waals surface area contributed by atoms with E-state index in [0.29, 0.717) is 5.56 Å². The Morgan fingerprint density at radius 2 is 2.10 bits per heavy atom. The molecule has 4 N–H and O–H groups in total. The van der Waals surface area contributed by atoms with E-state index >= 15 is 0 Å². The molecule has 0 unspecified atom stereocenters. The Kier molecular flexibility index (Phi) is 4.06. The highest BCUT2D eigenvalue weighted by atomic mass is 16.4. The van der Waals surface area contributed by atoms with Crippen LogP contribution in [0.5, 0.6) is 5.75 Å². The van der Waals surface area contributed by atoms with E-state index in [4.69, 9.17) is 5.11 Å². The average molecular weight is 280 g/mol. The first-order chi connectivity index (χ1) is 9.40. The van der Waals surface area contributed by atoms with Gasteiger partial charge >= 0.3 is 5.97 Å². The highest BCUT2D eigenvalue weighted by Crippen LogP contribution is 2.40. The van der Waals surface area contributed by atoms with E-state index in [9.17, 15) is 24.9 Å². The molecule has 0 radical (unpaired) electrons. The summed E-state index contributed by atoms with van der Waals surface area (Å²) >= 11 is 0. The summed E-state index contributed by atoms with van der Waals surface area (Å²) in [5, 5.41) is 38.1. The van der Waals surface area contributed by atoms with E-state index < -0.39 is 30.5 Å². The number of aliphatic hydroxyl groups is 2. The second-order valence-electron chi connectivity index (χ2n) is 5.06. The van der Waals surface area contributed by atoms with Crippen molar-refractivity contribution in [3.8, 4) is 5.75 Å². The van der Waals surface area contributed by atoms with Crippen molar-refractivity contribution in [2.24, 2.45) is 5.92 Å². The van der Waals surface area contributed by atoms with E-state index in [1.807, 2.05) is 0 Å². The molecule has 1 aromatic rings. The number of phenols is 1. The van der Waals surface area contributed by atoms with Crippen LogP contribution in [0.2, 0.25) is 0 Å². The monoisotopic (exact) mass is 280 g/mol. The molecule has 0 heterocycles. The van der Waals surface area contributed by atoms with Gasteiger partial charge in [0.2, 0.25) is 0 Å². The van der Waals surface area contributed by atoms with Gasteiger partial charge in [0.15, 0.2) is 5.78 Å². The zero-order valence-electron chi connectivity index (χ0n) is 10.7. The number of carboxylic acid groups (broad SMARTS) is 1. The summed E-state index contributed by atoms with van der Waals surface area (Å²) in [5.41, 5.74) is 0.442. The molecule has 3 atom stereocenters. The molecule has 20 heavy (non-hydrogen) atoms. The number of hydrogen-bond acceptors (Lipinski definition) is 5. The number of ketones is 1. The molecule has 0 aliphatic heterocycles. The van der Waals surface area contributed by atoms with Crippen molar-refractivity contribution >= 4 is 11.8 Å². The van der Waals surface area contributed by atoms with Crippen molar-refractivity contribution in [1.29, 1.82) is 0 Å². The van der Waals surface area contributed by atoms with Gasteiger partial charge in [0.1, 0.15) is 5.75 Å². The van der Waals surface area contributed by atoms with Crippen molar-refractivity contribution in [2.45, 2.75) is 31.5 Å². The molecular formula is C14H16O6. The van der Waals surface area contributed by atoms with Crippen molar-refractivity contribution in [1.82, 2.24) is 0 Å². The van der Waals surface area contributed by atoms with Gasteiger partial charge in [-0.3, -0.25) is 9.59 Å². The van der Waals surface area contributed by atoms with E-state index in [-0.39, 0.29) is 29.9 Å². The summed E-state index contributed by atoms with van der Waals surface area (Å²) in [5.74, 6) is -2.16. The predicted molar refractivity (Wildman–Crippen MR) is 68.4 cm³/mol. The number of rotatable bonds is 4. The average Bonchev–Trinajstić information content (AvgIpc) is 2.34. The molecule has 2 rings (SSSR count). The number of fused-ring (bicyclic) bond motifs is 1. The summed E-state index contributed by atoms with van der Waals surface area (Å²) in [4.78, 5) is 22.5. The molecule has 108 valence electrons. The smallest absolute Gasteiger partial charge is 0.305 e. The van der Waals surface area contributed by atoms with E-state index in [2.05, 4.69) is 0 Å². The lowest BCUT2D eigenvalue weighted by Crippen LogP contribution is -2.29. The van der Waals surface area contributed by atoms with Gasteiger partial charge in [-0.15, -0.1) is 0 Å². The number of carbonyl (C=O) groups is 2. The Hall–Kier alpha value is -1.92. The fraction of sp³-hybridized carbons (Fsp3) is 0.429. The molecule has 0 bridgehead atoms. The Bertz CT molecular complexity index is 538. The maximum absolute atomic E-state index is 12.0. The van der Waals surface area contributed by atoms with Crippen LogP contribution in [0.15, 0.2) is 18.2 Å². The Morgan fingerprint density at radius 3 is 2.75 bits per heavy atom. The predicted octanol–water partition coefficient (Wildman–Crippen LogP) is 0.854. The fourth-order valence-corrected chi connectivity index (χ4v) is 2.66. The van der Waals surface area contributed by atoms with Crippen molar-refractivity contribution < 1.29 is 30.0 Å². The van der Waals surface area contributed by atoms with Gasteiger partial charge in [-0.2, -0.15) is 0 Å². The third kappa shape index (κ3) is 2.81. The Balaban J connectivity index is 2.20. The summed E-state index contributed by atoms with van der Waals surface area (Å²) < 4.78 is 0. The first kappa shape index (κ1) is 14.5. The molecule has 0 saturated heterocycles. The SMILES string of the molecule is O=C(O)C[C@@H](O)C[C@@H]1CC(=O)c2c(O)cccc2[C@H]1O.